The van der Waals surface area contributed by atoms with Gasteiger partial charge in [-0.1, -0.05) is 0 Å². The van der Waals surface area contributed by atoms with E-state index in [1.165, 1.54) is 0 Å². The van der Waals surface area contributed by atoms with Gasteiger partial charge in [0.2, 0.25) is 0 Å². The standard InChI is InChI=1S/C6H14N2O3.C5H9NO3/c7-4-2-1-3-5(8-11)6(9)10;7-3-1-2-6-4(3)5(8)9/h5,8,11H,1-4,7H2,(H,9,10);3-4,6-7H,1-2H2,(H,8,9)/t5-;3?,4-/m00/s1. The Labute approximate surface area is 116 Å². The van der Waals surface area contributed by atoms with Crippen LogP contribution in [0.2, 0.25) is 0 Å². The van der Waals surface area contributed by atoms with Crippen LogP contribution in [0.5, 0.6) is 0 Å². The smallest absolute Gasteiger partial charge is 0.323 e. The van der Waals surface area contributed by atoms with Crippen molar-refractivity contribution in [2.75, 3.05) is 13.1 Å². The van der Waals surface area contributed by atoms with E-state index in [4.69, 9.17) is 26.3 Å². The molecule has 9 nitrogen and oxygen atoms in total. The summed E-state index contributed by atoms with van der Waals surface area (Å²) >= 11 is 0. The largest absolute Gasteiger partial charge is 0.480 e. The quantitative estimate of drug-likeness (QED) is 0.215. The predicted molar refractivity (Wildman–Crippen MR) is 69.3 cm³/mol. The molecule has 0 aromatic heterocycles. The SMILES string of the molecule is NCCCC[C@H](NO)C(=O)O.O=C(O)[C@H]1NCCC1O. The fourth-order valence-corrected chi connectivity index (χ4v) is 1.68. The highest BCUT2D eigenvalue weighted by Crippen LogP contribution is 2.05. The topological polar surface area (TPSA) is 165 Å². The molecule has 1 unspecified atom stereocenters. The van der Waals surface area contributed by atoms with Crippen LogP contribution in [0.25, 0.3) is 0 Å². The summed E-state index contributed by atoms with van der Waals surface area (Å²) in [5.74, 6) is -2.01. The second-order valence-corrected chi connectivity index (χ2v) is 4.43. The molecule has 20 heavy (non-hydrogen) atoms. The number of carbonyl (C=O) groups is 2. The lowest BCUT2D eigenvalue weighted by molar-refractivity contribution is -0.143. The van der Waals surface area contributed by atoms with Crippen molar-refractivity contribution in [1.29, 1.82) is 0 Å². The molecule has 1 rings (SSSR count). The van der Waals surface area contributed by atoms with Crippen molar-refractivity contribution in [3.05, 3.63) is 0 Å². The van der Waals surface area contributed by atoms with E-state index in [0.717, 1.165) is 6.42 Å². The Morgan fingerprint density at radius 2 is 2.00 bits per heavy atom. The van der Waals surface area contributed by atoms with Gasteiger partial charge in [-0.05, 0) is 38.8 Å². The van der Waals surface area contributed by atoms with E-state index < -0.39 is 30.1 Å². The van der Waals surface area contributed by atoms with Gasteiger partial charge in [0, 0.05) is 0 Å². The van der Waals surface area contributed by atoms with Crippen LogP contribution >= 0.6 is 0 Å². The summed E-state index contributed by atoms with van der Waals surface area (Å²) in [6.07, 6.45) is 1.73. The van der Waals surface area contributed by atoms with E-state index in [1.807, 2.05) is 0 Å². The molecule has 0 bridgehead atoms. The Bertz CT molecular complexity index is 302. The number of hydrogen-bond acceptors (Lipinski definition) is 7. The van der Waals surface area contributed by atoms with Crippen LogP contribution in [-0.2, 0) is 9.59 Å². The normalized spacial score (nSPS) is 22.8. The molecule has 9 heteroatoms. The van der Waals surface area contributed by atoms with Crippen LogP contribution in [0.4, 0.5) is 0 Å². The van der Waals surface area contributed by atoms with E-state index in [2.05, 4.69) is 5.32 Å². The van der Waals surface area contributed by atoms with Gasteiger partial charge in [0.05, 0.1) is 6.10 Å². The van der Waals surface area contributed by atoms with Crippen molar-refractivity contribution in [3.8, 4) is 0 Å². The Morgan fingerprint density at radius 3 is 2.30 bits per heavy atom. The number of nitrogens with two attached hydrogens (primary N) is 1. The molecule has 0 saturated carbocycles. The second kappa shape index (κ2) is 10.5. The molecule has 0 amide bonds. The molecule has 0 aromatic rings. The van der Waals surface area contributed by atoms with Gasteiger partial charge in [-0.15, -0.1) is 0 Å². The highest BCUT2D eigenvalue weighted by molar-refractivity contribution is 5.74. The Kier molecular flexibility index (Phi) is 9.86. The molecule has 8 N–H and O–H groups in total. The van der Waals surface area contributed by atoms with Crippen LogP contribution in [0.15, 0.2) is 0 Å². The summed E-state index contributed by atoms with van der Waals surface area (Å²) in [7, 11) is 0. The zero-order valence-electron chi connectivity index (χ0n) is 11.2. The summed E-state index contributed by atoms with van der Waals surface area (Å²) in [5, 5.41) is 36.7. The van der Waals surface area contributed by atoms with E-state index >= 15 is 0 Å². The van der Waals surface area contributed by atoms with E-state index in [-0.39, 0.29) is 0 Å². The molecule has 1 fully saturated rings. The van der Waals surface area contributed by atoms with Gasteiger partial charge in [0.1, 0.15) is 12.1 Å². The lowest BCUT2D eigenvalue weighted by Gasteiger charge is -2.08. The number of aliphatic hydroxyl groups is 1. The van der Waals surface area contributed by atoms with Crippen LogP contribution in [0.1, 0.15) is 25.7 Å². The Hall–Kier alpha value is -1.26. The Morgan fingerprint density at radius 1 is 1.35 bits per heavy atom. The third kappa shape index (κ3) is 7.36. The minimum absolute atomic E-state index is 0.406. The summed E-state index contributed by atoms with van der Waals surface area (Å²) in [6.45, 7) is 1.15. The van der Waals surface area contributed by atoms with Crippen molar-refractivity contribution in [3.63, 3.8) is 0 Å². The number of carboxylic acid groups (broad SMARTS) is 2. The molecule has 1 heterocycles. The number of nitrogens with one attached hydrogen (secondary N) is 2. The number of unbranched alkanes of at least 4 members (excludes halogenated alkanes) is 1. The molecule has 0 radical (unpaired) electrons. The van der Waals surface area contributed by atoms with Gasteiger partial charge < -0.3 is 31.6 Å². The molecule has 0 spiro atoms. The first-order valence-electron chi connectivity index (χ1n) is 6.40. The minimum atomic E-state index is -1.04. The number of carboxylic acids is 2. The number of aliphatic hydroxyl groups excluding tert-OH is 1. The highest BCUT2D eigenvalue weighted by atomic mass is 16.5. The van der Waals surface area contributed by atoms with E-state index in [0.29, 0.717) is 32.4 Å². The predicted octanol–water partition coefficient (Wildman–Crippen LogP) is -1.66. The van der Waals surface area contributed by atoms with E-state index in [1.54, 1.807) is 5.48 Å². The first kappa shape index (κ1) is 18.7. The zero-order valence-corrected chi connectivity index (χ0v) is 11.2. The summed E-state index contributed by atoms with van der Waals surface area (Å²) in [6, 6.07) is -1.61. The fraction of sp³-hybridized carbons (Fsp3) is 0.818. The van der Waals surface area contributed by atoms with Gasteiger partial charge >= 0.3 is 11.9 Å². The molecule has 0 aromatic carbocycles. The third-order valence-electron chi connectivity index (χ3n) is 2.86. The molecule has 1 aliphatic heterocycles. The molecule has 3 atom stereocenters. The first-order valence-corrected chi connectivity index (χ1v) is 6.40. The average Bonchev–Trinajstić information content (AvgIpc) is 2.81. The van der Waals surface area contributed by atoms with Gasteiger partial charge in [-0.3, -0.25) is 9.59 Å². The zero-order chi connectivity index (χ0) is 15.5. The number of hydrogen-bond donors (Lipinski definition) is 7. The molecule has 0 aliphatic carbocycles. The van der Waals surface area contributed by atoms with Gasteiger partial charge in [0.15, 0.2) is 0 Å². The van der Waals surface area contributed by atoms with Crippen LogP contribution in [-0.4, -0.2) is 63.7 Å². The maximum absolute atomic E-state index is 10.3. The van der Waals surface area contributed by atoms with E-state index in [9.17, 15) is 9.59 Å². The number of aliphatic carboxylic acids is 2. The molecule has 1 aliphatic rings. The van der Waals surface area contributed by atoms with Crippen molar-refractivity contribution in [2.24, 2.45) is 5.73 Å². The Balaban J connectivity index is 0.000000367. The molecule has 118 valence electrons. The maximum Gasteiger partial charge on any atom is 0.323 e. The highest BCUT2D eigenvalue weighted by Gasteiger charge is 2.30. The second-order valence-electron chi connectivity index (χ2n) is 4.43. The van der Waals surface area contributed by atoms with Crippen molar-refractivity contribution >= 4 is 11.9 Å². The molecule has 1 saturated heterocycles. The van der Waals surface area contributed by atoms with Gasteiger partial charge in [0.25, 0.3) is 0 Å². The third-order valence-corrected chi connectivity index (χ3v) is 2.86. The van der Waals surface area contributed by atoms with Crippen LogP contribution in [0.3, 0.4) is 0 Å². The summed E-state index contributed by atoms with van der Waals surface area (Å²) in [4.78, 5) is 20.5. The summed E-state index contributed by atoms with van der Waals surface area (Å²) < 4.78 is 0. The van der Waals surface area contributed by atoms with Crippen molar-refractivity contribution in [2.45, 2.75) is 43.9 Å². The van der Waals surface area contributed by atoms with Gasteiger partial charge in [-0.25, -0.2) is 0 Å². The minimum Gasteiger partial charge on any atom is -0.480 e. The lowest BCUT2D eigenvalue weighted by Crippen LogP contribution is -2.38. The number of hydroxylamine groups is 1. The number of rotatable bonds is 7. The molecular formula is C11H23N3O6. The fourth-order valence-electron chi connectivity index (χ4n) is 1.68. The van der Waals surface area contributed by atoms with Crippen LogP contribution in [0, 0.1) is 0 Å². The van der Waals surface area contributed by atoms with Crippen LogP contribution < -0.4 is 16.5 Å². The van der Waals surface area contributed by atoms with Crippen molar-refractivity contribution in [1.82, 2.24) is 10.8 Å². The average molecular weight is 293 g/mol. The van der Waals surface area contributed by atoms with Crippen molar-refractivity contribution < 1.29 is 30.1 Å². The monoisotopic (exact) mass is 293 g/mol. The lowest BCUT2D eigenvalue weighted by atomic mass is 10.1. The first-order chi connectivity index (χ1) is 9.43. The maximum atomic E-state index is 10.3. The van der Waals surface area contributed by atoms with Gasteiger partial charge in [-0.2, -0.15) is 5.48 Å². The summed E-state index contributed by atoms with van der Waals surface area (Å²) in [5.41, 5.74) is 6.92. The molecular weight excluding hydrogens is 270 g/mol.